The van der Waals surface area contributed by atoms with Crippen molar-refractivity contribution in [3.05, 3.63) is 35.4 Å². The number of imidazole rings is 1. The van der Waals surface area contributed by atoms with Gasteiger partial charge in [0.25, 0.3) is 0 Å². The second kappa shape index (κ2) is 3.89. The van der Waals surface area contributed by atoms with E-state index in [1.54, 1.807) is 21.9 Å². The van der Waals surface area contributed by atoms with Crippen LogP contribution in [0.5, 0.6) is 0 Å². The van der Waals surface area contributed by atoms with Gasteiger partial charge < -0.3 is 0 Å². The molecule has 0 fully saturated rings. The third-order valence-electron chi connectivity index (χ3n) is 2.38. The van der Waals surface area contributed by atoms with Crippen LogP contribution in [0.2, 0.25) is 0 Å². The topological polar surface area (TPSA) is 43.1 Å². The van der Waals surface area contributed by atoms with Crippen LogP contribution in [0.25, 0.3) is 16.3 Å². The first-order valence-corrected chi connectivity index (χ1v) is 6.05. The Labute approximate surface area is 101 Å². The summed E-state index contributed by atoms with van der Waals surface area (Å²) in [5, 5.41) is 5.41. The largest absolute Gasteiger partial charge is 0.251 e. The van der Waals surface area contributed by atoms with Crippen molar-refractivity contribution in [2.45, 2.75) is 13.3 Å². The van der Waals surface area contributed by atoms with E-state index in [-0.39, 0.29) is 5.82 Å². The molecular formula is C11H9FN4S. The summed E-state index contributed by atoms with van der Waals surface area (Å²) in [5.41, 5.74) is 1.37. The van der Waals surface area contributed by atoms with E-state index in [9.17, 15) is 4.39 Å². The fraction of sp³-hybridized carbons (Fsp3) is 0.182. The Morgan fingerprint density at radius 3 is 2.88 bits per heavy atom. The highest BCUT2D eigenvalue weighted by molar-refractivity contribution is 7.16. The lowest BCUT2D eigenvalue weighted by molar-refractivity contribution is 0.622. The van der Waals surface area contributed by atoms with Crippen molar-refractivity contribution < 1.29 is 4.39 Å². The van der Waals surface area contributed by atoms with Crippen molar-refractivity contribution in [1.82, 2.24) is 19.6 Å². The average molecular weight is 248 g/mol. The number of hydrogen-bond donors (Lipinski definition) is 0. The van der Waals surface area contributed by atoms with Gasteiger partial charge in [0, 0.05) is 0 Å². The Balaban J connectivity index is 2.06. The van der Waals surface area contributed by atoms with Crippen LogP contribution < -0.4 is 0 Å². The third-order valence-corrected chi connectivity index (χ3v) is 3.44. The molecule has 3 aromatic rings. The fourth-order valence-corrected chi connectivity index (χ4v) is 2.35. The highest BCUT2D eigenvalue weighted by atomic mass is 32.1. The van der Waals surface area contributed by atoms with Crippen molar-refractivity contribution in [3.63, 3.8) is 0 Å². The number of fused-ring (bicyclic) bond motifs is 1. The lowest BCUT2D eigenvalue weighted by Crippen LogP contribution is -1.85. The zero-order valence-corrected chi connectivity index (χ0v) is 9.91. The van der Waals surface area contributed by atoms with Gasteiger partial charge in [-0.1, -0.05) is 18.3 Å². The minimum absolute atomic E-state index is 0.346. The predicted molar refractivity (Wildman–Crippen MR) is 63.4 cm³/mol. The van der Waals surface area contributed by atoms with E-state index in [4.69, 9.17) is 0 Å². The summed E-state index contributed by atoms with van der Waals surface area (Å²) in [4.78, 5) is 9.24. The van der Waals surface area contributed by atoms with E-state index in [1.807, 2.05) is 6.20 Å². The first kappa shape index (κ1) is 10.3. The average Bonchev–Trinajstić information content (AvgIpc) is 2.87. The quantitative estimate of drug-likeness (QED) is 0.700. The van der Waals surface area contributed by atoms with E-state index in [0.717, 1.165) is 16.4 Å². The molecule has 0 bridgehead atoms. The summed E-state index contributed by atoms with van der Waals surface area (Å²) >= 11 is 1.55. The minimum atomic E-state index is -0.346. The highest BCUT2D eigenvalue weighted by Crippen LogP contribution is 2.20. The van der Waals surface area contributed by atoms with Gasteiger partial charge >= 0.3 is 0 Å². The lowest BCUT2D eigenvalue weighted by Gasteiger charge is -1.93. The number of aryl methyl sites for hydroxylation is 1. The first-order valence-electron chi connectivity index (χ1n) is 5.23. The number of nitrogens with zero attached hydrogens (tertiary/aromatic N) is 4. The van der Waals surface area contributed by atoms with Gasteiger partial charge in [-0.05, 0) is 18.6 Å². The molecule has 0 radical (unpaired) electrons. The summed E-state index contributed by atoms with van der Waals surface area (Å²) in [5.74, 6) is -0.346. The van der Waals surface area contributed by atoms with Crippen LogP contribution >= 0.6 is 11.3 Å². The molecule has 3 aromatic heterocycles. The maximum atomic E-state index is 12.7. The monoisotopic (exact) mass is 248 g/mol. The van der Waals surface area contributed by atoms with Gasteiger partial charge in [-0.25, -0.2) is 13.9 Å². The Bertz CT molecular complexity index is 624. The molecule has 0 aromatic carbocycles. The van der Waals surface area contributed by atoms with E-state index < -0.39 is 0 Å². The molecule has 0 aliphatic heterocycles. The van der Waals surface area contributed by atoms with Gasteiger partial charge in [-0.15, -0.1) is 0 Å². The predicted octanol–water partition coefficient (Wildman–Crippen LogP) is 2.55. The van der Waals surface area contributed by atoms with Crippen LogP contribution in [0.1, 0.15) is 11.9 Å². The lowest BCUT2D eigenvalue weighted by atomic mass is 10.3. The molecule has 17 heavy (non-hydrogen) atoms. The second-order valence-corrected chi connectivity index (χ2v) is 4.60. The molecule has 86 valence electrons. The molecule has 3 rings (SSSR count). The summed E-state index contributed by atoms with van der Waals surface area (Å²) in [6, 6.07) is 2.99. The highest BCUT2D eigenvalue weighted by Gasteiger charge is 2.09. The smallest absolute Gasteiger partial charge is 0.212 e. The zero-order chi connectivity index (χ0) is 11.8. The zero-order valence-electron chi connectivity index (χ0n) is 9.09. The van der Waals surface area contributed by atoms with Crippen molar-refractivity contribution in [1.29, 1.82) is 0 Å². The normalized spacial score (nSPS) is 11.2. The molecule has 0 unspecified atom stereocenters. The van der Waals surface area contributed by atoms with E-state index in [1.165, 1.54) is 12.3 Å². The van der Waals surface area contributed by atoms with Crippen molar-refractivity contribution >= 4 is 16.3 Å². The second-order valence-electron chi connectivity index (χ2n) is 3.56. The summed E-state index contributed by atoms with van der Waals surface area (Å²) in [7, 11) is 0. The Hall–Kier alpha value is -1.82. The summed E-state index contributed by atoms with van der Waals surface area (Å²) in [6.07, 6.45) is 3.90. The Kier molecular flexibility index (Phi) is 2.36. The molecule has 0 amide bonds. The maximum Gasteiger partial charge on any atom is 0.212 e. The van der Waals surface area contributed by atoms with Crippen molar-refractivity contribution in [2.24, 2.45) is 0 Å². The summed E-state index contributed by atoms with van der Waals surface area (Å²) in [6.45, 7) is 2.06. The van der Waals surface area contributed by atoms with E-state index in [2.05, 4.69) is 22.0 Å². The van der Waals surface area contributed by atoms with E-state index >= 15 is 0 Å². The number of halogens is 1. The SMILES string of the molecule is CCc1nn2cc(-c3ccc(F)cn3)nc2s1. The number of rotatable bonds is 2. The number of hydrogen-bond acceptors (Lipinski definition) is 4. The summed E-state index contributed by atoms with van der Waals surface area (Å²) < 4.78 is 14.5. The van der Waals surface area contributed by atoms with Crippen LogP contribution in [0.3, 0.4) is 0 Å². The van der Waals surface area contributed by atoms with E-state index in [0.29, 0.717) is 11.4 Å². The van der Waals surface area contributed by atoms with Gasteiger partial charge in [0.2, 0.25) is 4.96 Å². The molecule has 0 aliphatic rings. The fourth-order valence-electron chi connectivity index (χ4n) is 1.53. The van der Waals surface area contributed by atoms with Crippen LogP contribution in [0.15, 0.2) is 24.5 Å². The molecule has 4 nitrogen and oxygen atoms in total. The molecule has 0 spiro atoms. The minimum Gasteiger partial charge on any atom is -0.251 e. The number of pyridine rings is 1. The standard InChI is InChI=1S/C11H9FN4S/c1-2-10-15-16-6-9(14-11(16)17-10)8-4-3-7(12)5-13-8/h3-6H,2H2,1H3. The Morgan fingerprint density at radius 2 is 2.24 bits per heavy atom. The molecule has 0 saturated carbocycles. The van der Waals surface area contributed by atoms with Gasteiger partial charge in [-0.2, -0.15) is 5.10 Å². The first-order chi connectivity index (χ1) is 8.26. The van der Waals surface area contributed by atoms with Gasteiger partial charge in [0.1, 0.15) is 16.5 Å². The molecule has 0 saturated heterocycles. The van der Waals surface area contributed by atoms with Gasteiger partial charge in [0.15, 0.2) is 0 Å². The number of aromatic nitrogens is 4. The third kappa shape index (κ3) is 1.80. The van der Waals surface area contributed by atoms with Crippen LogP contribution in [0.4, 0.5) is 4.39 Å². The van der Waals surface area contributed by atoms with Crippen LogP contribution in [-0.2, 0) is 6.42 Å². The van der Waals surface area contributed by atoms with Gasteiger partial charge in [0.05, 0.1) is 18.1 Å². The van der Waals surface area contributed by atoms with Crippen LogP contribution in [-0.4, -0.2) is 19.6 Å². The molecule has 0 aliphatic carbocycles. The molecule has 3 heterocycles. The molecule has 0 N–H and O–H groups in total. The maximum absolute atomic E-state index is 12.7. The Morgan fingerprint density at radius 1 is 1.35 bits per heavy atom. The van der Waals surface area contributed by atoms with Crippen LogP contribution in [0, 0.1) is 5.82 Å². The molecular weight excluding hydrogens is 239 g/mol. The van der Waals surface area contributed by atoms with Crippen molar-refractivity contribution in [2.75, 3.05) is 0 Å². The molecule has 6 heteroatoms. The van der Waals surface area contributed by atoms with Crippen molar-refractivity contribution in [3.8, 4) is 11.4 Å². The molecule has 0 atom stereocenters. The van der Waals surface area contributed by atoms with Gasteiger partial charge in [-0.3, -0.25) is 4.98 Å².